The fourth-order valence-electron chi connectivity index (χ4n) is 1.59. The van der Waals surface area contributed by atoms with Gasteiger partial charge in [0.05, 0.1) is 4.99 Å². The largest absolute Gasteiger partial charge is 0.393 e. The van der Waals surface area contributed by atoms with E-state index in [1.807, 2.05) is 0 Å². The number of carbonyl (C=O) groups is 1. The Labute approximate surface area is 104 Å². The summed E-state index contributed by atoms with van der Waals surface area (Å²) in [6.45, 7) is 4.89. The van der Waals surface area contributed by atoms with Crippen LogP contribution >= 0.6 is 12.2 Å². The summed E-state index contributed by atoms with van der Waals surface area (Å²) in [6, 6.07) is 0. The minimum atomic E-state index is 0.171. The van der Waals surface area contributed by atoms with E-state index < -0.39 is 0 Å². The summed E-state index contributed by atoms with van der Waals surface area (Å²) in [5.74, 6) is 0.351. The van der Waals surface area contributed by atoms with Crippen molar-refractivity contribution in [3.05, 3.63) is 0 Å². The Balaban J connectivity index is 3.70. The highest BCUT2D eigenvalue weighted by atomic mass is 32.1. The first-order chi connectivity index (χ1) is 7.61. The lowest BCUT2D eigenvalue weighted by Crippen LogP contribution is -2.31. The molecule has 3 N–H and O–H groups in total. The van der Waals surface area contributed by atoms with E-state index in [0.29, 0.717) is 18.0 Å². The number of hydrogen-bond donors (Lipinski definition) is 2. The van der Waals surface area contributed by atoms with Gasteiger partial charge in [0.1, 0.15) is 0 Å². The number of unbranched alkanes of at least 4 members (excludes halogenated alkanes) is 1. The Kier molecular flexibility index (Phi) is 9.19. The molecule has 0 aromatic heterocycles. The quantitative estimate of drug-likeness (QED) is 0.483. The molecule has 0 bridgehead atoms. The van der Waals surface area contributed by atoms with Gasteiger partial charge < -0.3 is 11.1 Å². The van der Waals surface area contributed by atoms with Crippen molar-refractivity contribution in [2.24, 2.45) is 11.7 Å². The number of nitrogens with one attached hydrogen (secondary N) is 1. The second-order valence-corrected chi connectivity index (χ2v) is 4.63. The van der Waals surface area contributed by atoms with Gasteiger partial charge in [-0.05, 0) is 25.7 Å². The zero-order chi connectivity index (χ0) is 12.4. The minimum Gasteiger partial charge on any atom is -0.393 e. The molecule has 0 rings (SSSR count). The lowest BCUT2D eigenvalue weighted by molar-refractivity contribution is -0.125. The van der Waals surface area contributed by atoms with Crippen molar-refractivity contribution in [3.8, 4) is 0 Å². The Bertz CT molecular complexity index is 219. The fourth-order valence-corrected chi connectivity index (χ4v) is 1.73. The molecule has 0 fully saturated rings. The molecule has 0 radical (unpaired) electrons. The summed E-state index contributed by atoms with van der Waals surface area (Å²) in [5.41, 5.74) is 5.38. The van der Waals surface area contributed by atoms with Crippen LogP contribution in [0.1, 0.15) is 52.4 Å². The van der Waals surface area contributed by atoms with Crippen molar-refractivity contribution in [3.63, 3.8) is 0 Å². The fraction of sp³-hybridized carbons (Fsp3) is 0.833. The van der Waals surface area contributed by atoms with Gasteiger partial charge in [-0.1, -0.05) is 38.9 Å². The van der Waals surface area contributed by atoms with Crippen LogP contribution in [0, 0.1) is 5.92 Å². The molecule has 1 amide bonds. The van der Waals surface area contributed by atoms with Crippen LogP contribution in [0.5, 0.6) is 0 Å². The van der Waals surface area contributed by atoms with Crippen molar-refractivity contribution in [1.82, 2.24) is 5.32 Å². The summed E-state index contributed by atoms with van der Waals surface area (Å²) in [4.78, 5) is 12.3. The highest BCUT2D eigenvalue weighted by molar-refractivity contribution is 7.80. The average Bonchev–Trinajstić information content (AvgIpc) is 2.25. The van der Waals surface area contributed by atoms with Crippen LogP contribution in [0.15, 0.2) is 0 Å². The zero-order valence-electron chi connectivity index (χ0n) is 10.4. The summed E-state index contributed by atoms with van der Waals surface area (Å²) in [7, 11) is 0. The highest BCUT2D eigenvalue weighted by Gasteiger charge is 2.14. The van der Waals surface area contributed by atoms with Gasteiger partial charge in [-0.15, -0.1) is 0 Å². The van der Waals surface area contributed by atoms with Crippen LogP contribution in [0.25, 0.3) is 0 Å². The van der Waals surface area contributed by atoms with E-state index in [1.54, 1.807) is 0 Å². The van der Waals surface area contributed by atoms with Crippen molar-refractivity contribution in [2.45, 2.75) is 52.4 Å². The van der Waals surface area contributed by atoms with Gasteiger partial charge >= 0.3 is 0 Å². The molecular weight excluding hydrogens is 220 g/mol. The third-order valence-electron chi connectivity index (χ3n) is 2.67. The monoisotopic (exact) mass is 244 g/mol. The molecule has 94 valence electrons. The average molecular weight is 244 g/mol. The molecule has 16 heavy (non-hydrogen) atoms. The maximum absolute atomic E-state index is 11.7. The van der Waals surface area contributed by atoms with Crippen LogP contribution < -0.4 is 11.1 Å². The van der Waals surface area contributed by atoms with E-state index in [-0.39, 0.29) is 11.8 Å². The van der Waals surface area contributed by atoms with Crippen molar-refractivity contribution >= 4 is 23.1 Å². The molecule has 0 aliphatic carbocycles. The predicted molar refractivity (Wildman–Crippen MR) is 72.3 cm³/mol. The molecule has 0 aliphatic heterocycles. The smallest absolute Gasteiger partial charge is 0.223 e. The first-order valence-electron chi connectivity index (χ1n) is 6.17. The molecule has 0 saturated heterocycles. The van der Waals surface area contributed by atoms with Crippen molar-refractivity contribution in [1.29, 1.82) is 0 Å². The zero-order valence-corrected chi connectivity index (χ0v) is 11.2. The lowest BCUT2D eigenvalue weighted by atomic mass is 9.98. The SMILES string of the molecule is CCCCC(CC)C(=O)NCCCC(N)=S. The predicted octanol–water partition coefficient (Wildman–Crippen LogP) is 2.39. The van der Waals surface area contributed by atoms with E-state index in [2.05, 4.69) is 19.2 Å². The topological polar surface area (TPSA) is 55.1 Å². The van der Waals surface area contributed by atoms with Crippen LogP contribution in [0.3, 0.4) is 0 Å². The second-order valence-electron chi connectivity index (χ2n) is 4.11. The van der Waals surface area contributed by atoms with Crippen LogP contribution in [0.4, 0.5) is 0 Å². The number of hydrogen-bond acceptors (Lipinski definition) is 2. The maximum Gasteiger partial charge on any atom is 0.223 e. The molecule has 0 aromatic rings. The summed E-state index contributed by atoms with van der Waals surface area (Å²) >= 11 is 4.77. The van der Waals surface area contributed by atoms with Gasteiger partial charge in [0, 0.05) is 12.5 Å². The molecule has 1 atom stereocenters. The maximum atomic E-state index is 11.7. The van der Waals surface area contributed by atoms with Gasteiger partial charge in [0.15, 0.2) is 0 Å². The van der Waals surface area contributed by atoms with E-state index in [4.69, 9.17) is 18.0 Å². The summed E-state index contributed by atoms with van der Waals surface area (Å²) < 4.78 is 0. The van der Waals surface area contributed by atoms with Gasteiger partial charge in [0.2, 0.25) is 5.91 Å². The Hall–Kier alpha value is -0.640. The number of carbonyl (C=O) groups excluding carboxylic acids is 1. The molecule has 0 aliphatic rings. The number of amides is 1. The molecule has 0 saturated carbocycles. The van der Waals surface area contributed by atoms with Gasteiger partial charge in [0.25, 0.3) is 0 Å². The normalized spacial score (nSPS) is 12.1. The van der Waals surface area contributed by atoms with Gasteiger partial charge in [-0.3, -0.25) is 4.79 Å². The highest BCUT2D eigenvalue weighted by Crippen LogP contribution is 2.12. The standard InChI is InChI=1S/C12H24N2OS/c1-3-5-7-10(4-2)12(15)14-9-6-8-11(13)16/h10H,3-9H2,1-2H3,(H2,13,16)(H,14,15). The van der Waals surface area contributed by atoms with Crippen LogP contribution in [-0.4, -0.2) is 17.4 Å². The van der Waals surface area contributed by atoms with Crippen LogP contribution in [0.2, 0.25) is 0 Å². The minimum absolute atomic E-state index is 0.171. The molecule has 4 heteroatoms. The number of thiocarbonyl (C=S) groups is 1. The molecule has 0 heterocycles. The molecule has 0 spiro atoms. The molecule has 1 unspecified atom stereocenters. The molecular formula is C12H24N2OS. The Morgan fingerprint density at radius 2 is 2.06 bits per heavy atom. The van der Waals surface area contributed by atoms with Gasteiger partial charge in [-0.2, -0.15) is 0 Å². The molecule has 3 nitrogen and oxygen atoms in total. The lowest BCUT2D eigenvalue weighted by Gasteiger charge is -2.14. The van der Waals surface area contributed by atoms with E-state index >= 15 is 0 Å². The number of nitrogens with two attached hydrogens (primary N) is 1. The summed E-state index contributed by atoms with van der Waals surface area (Å²) in [6.07, 6.45) is 5.73. The van der Waals surface area contributed by atoms with Crippen molar-refractivity contribution < 1.29 is 4.79 Å². The van der Waals surface area contributed by atoms with E-state index in [0.717, 1.165) is 32.1 Å². The first-order valence-corrected chi connectivity index (χ1v) is 6.58. The first kappa shape index (κ1) is 15.4. The van der Waals surface area contributed by atoms with Gasteiger partial charge in [-0.25, -0.2) is 0 Å². The van der Waals surface area contributed by atoms with E-state index in [9.17, 15) is 4.79 Å². The summed E-state index contributed by atoms with van der Waals surface area (Å²) in [5, 5.41) is 2.94. The number of rotatable bonds is 9. The third-order valence-corrected chi connectivity index (χ3v) is 2.87. The third kappa shape index (κ3) is 7.63. The Morgan fingerprint density at radius 3 is 2.56 bits per heavy atom. The van der Waals surface area contributed by atoms with Crippen molar-refractivity contribution in [2.75, 3.05) is 6.54 Å². The van der Waals surface area contributed by atoms with E-state index in [1.165, 1.54) is 0 Å². The molecule has 0 aromatic carbocycles. The second kappa shape index (κ2) is 9.58. The Morgan fingerprint density at radius 1 is 1.38 bits per heavy atom. The van der Waals surface area contributed by atoms with Crippen LogP contribution in [-0.2, 0) is 4.79 Å².